The van der Waals surface area contributed by atoms with Crippen LogP contribution >= 0.6 is 11.6 Å². The number of para-hydroxylation sites is 1. The molecule has 0 saturated carbocycles. The number of amides is 1. The molecule has 6 nitrogen and oxygen atoms in total. The standard InChI is InChI=1S/C22H27ClN4O2/c1-3-25-22(29)20(21(24-2)26-14-7-15-28)27(19-8-5-4-6-9-19)16-17-10-12-18(23)13-11-17/h4-6,8-13,26,28H,2-3,7,14-16H2,1H3,(H,25,29)/b21-20+. The van der Waals surface area contributed by atoms with Crippen molar-refractivity contribution in [3.8, 4) is 0 Å². The lowest BCUT2D eigenvalue weighted by Gasteiger charge is -2.28. The Morgan fingerprint density at radius 3 is 2.41 bits per heavy atom. The third-order valence-electron chi connectivity index (χ3n) is 4.15. The molecule has 0 saturated heterocycles. The highest BCUT2D eigenvalue weighted by molar-refractivity contribution is 6.30. The van der Waals surface area contributed by atoms with Crippen molar-refractivity contribution in [1.29, 1.82) is 0 Å². The highest BCUT2D eigenvalue weighted by Gasteiger charge is 2.24. The normalized spacial score (nSPS) is 11.4. The van der Waals surface area contributed by atoms with Crippen LogP contribution in [0.5, 0.6) is 0 Å². The van der Waals surface area contributed by atoms with Crippen LogP contribution in [0.2, 0.25) is 5.02 Å². The van der Waals surface area contributed by atoms with E-state index in [9.17, 15) is 4.79 Å². The van der Waals surface area contributed by atoms with Gasteiger partial charge in [0.25, 0.3) is 5.91 Å². The van der Waals surface area contributed by atoms with Gasteiger partial charge < -0.3 is 20.6 Å². The number of aliphatic hydroxyl groups excluding tert-OH is 1. The molecule has 0 spiro atoms. The minimum Gasteiger partial charge on any atom is -0.396 e. The van der Waals surface area contributed by atoms with Gasteiger partial charge in [-0.2, -0.15) is 0 Å². The van der Waals surface area contributed by atoms with Crippen molar-refractivity contribution in [2.75, 3.05) is 24.6 Å². The van der Waals surface area contributed by atoms with Crippen LogP contribution in [0.25, 0.3) is 0 Å². The quantitative estimate of drug-likeness (QED) is 0.299. The van der Waals surface area contributed by atoms with E-state index in [1.165, 1.54) is 0 Å². The van der Waals surface area contributed by atoms with Crippen LogP contribution in [0, 0.1) is 0 Å². The van der Waals surface area contributed by atoms with Gasteiger partial charge in [0, 0.05) is 37.0 Å². The molecule has 0 aliphatic rings. The molecule has 0 aromatic heterocycles. The number of hydrogen-bond donors (Lipinski definition) is 3. The van der Waals surface area contributed by atoms with Gasteiger partial charge in [0.05, 0.1) is 0 Å². The number of likely N-dealkylation sites (N-methyl/N-ethyl adjacent to an activating group) is 1. The molecule has 7 heteroatoms. The van der Waals surface area contributed by atoms with E-state index in [0.717, 1.165) is 11.3 Å². The minimum absolute atomic E-state index is 0.0427. The van der Waals surface area contributed by atoms with Gasteiger partial charge in [0.15, 0.2) is 11.5 Å². The topological polar surface area (TPSA) is 77.0 Å². The minimum atomic E-state index is -0.260. The molecule has 0 fully saturated rings. The summed E-state index contributed by atoms with van der Waals surface area (Å²) >= 11 is 6.02. The third-order valence-corrected chi connectivity index (χ3v) is 4.41. The zero-order valence-corrected chi connectivity index (χ0v) is 17.3. The molecule has 2 aromatic carbocycles. The molecular weight excluding hydrogens is 388 g/mol. The molecule has 2 rings (SSSR count). The Morgan fingerprint density at radius 2 is 1.83 bits per heavy atom. The molecular formula is C22H27ClN4O2. The predicted molar refractivity (Wildman–Crippen MR) is 119 cm³/mol. The van der Waals surface area contributed by atoms with Crippen LogP contribution in [0.3, 0.4) is 0 Å². The summed E-state index contributed by atoms with van der Waals surface area (Å²) in [7, 11) is 0. The second-order valence-electron chi connectivity index (χ2n) is 6.27. The molecule has 0 unspecified atom stereocenters. The summed E-state index contributed by atoms with van der Waals surface area (Å²) in [4.78, 5) is 19.0. The lowest BCUT2D eigenvalue weighted by molar-refractivity contribution is -0.117. The first-order valence-corrected chi connectivity index (χ1v) is 9.89. The van der Waals surface area contributed by atoms with Crippen molar-refractivity contribution in [1.82, 2.24) is 10.6 Å². The van der Waals surface area contributed by atoms with Crippen LogP contribution in [-0.2, 0) is 11.3 Å². The first-order chi connectivity index (χ1) is 14.1. The summed E-state index contributed by atoms with van der Waals surface area (Å²) in [6.45, 7) is 6.93. The smallest absolute Gasteiger partial charge is 0.271 e. The van der Waals surface area contributed by atoms with Crippen molar-refractivity contribution in [3.63, 3.8) is 0 Å². The number of aliphatic hydroxyl groups is 1. The van der Waals surface area contributed by atoms with Crippen LogP contribution in [0.4, 0.5) is 5.69 Å². The molecule has 0 aliphatic heterocycles. The van der Waals surface area contributed by atoms with Gasteiger partial charge in [0.2, 0.25) is 0 Å². The number of nitrogens with zero attached hydrogens (tertiary/aromatic N) is 2. The number of hydrogen-bond acceptors (Lipinski definition) is 5. The molecule has 2 aromatic rings. The predicted octanol–water partition coefficient (Wildman–Crippen LogP) is 3.32. The lowest BCUT2D eigenvalue weighted by atomic mass is 10.1. The van der Waals surface area contributed by atoms with E-state index < -0.39 is 0 Å². The van der Waals surface area contributed by atoms with Crippen molar-refractivity contribution in [3.05, 3.63) is 76.7 Å². The molecule has 0 radical (unpaired) electrons. The summed E-state index contributed by atoms with van der Waals surface area (Å²) in [5.41, 5.74) is 2.19. The van der Waals surface area contributed by atoms with E-state index in [4.69, 9.17) is 16.7 Å². The molecule has 0 atom stereocenters. The maximum absolute atomic E-state index is 13.0. The van der Waals surface area contributed by atoms with Crippen molar-refractivity contribution < 1.29 is 9.90 Å². The maximum Gasteiger partial charge on any atom is 0.271 e. The SMILES string of the molecule is C=N/C(NCCCO)=C(/C(=O)NCC)N(Cc1ccc(Cl)cc1)c1ccccc1. The number of carbonyl (C=O) groups excluding carboxylic acids is 1. The van der Waals surface area contributed by atoms with Gasteiger partial charge in [-0.25, -0.2) is 4.99 Å². The van der Waals surface area contributed by atoms with Crippen molar-refractivity contribution >= 4 is 29.9 Å². The van der Waals surface area contributed by atoms with Crippen LogP contribution in [-0.4, -0.2) is 37.4 Å². The molecule has 3 N–H and O–H groups in total. The number of rotatable bonds is 11. The summed E-state index contributed by atoms with van der Waals surface area (Å²) in [6, 6.07) is 17.1. The van der Waals surface area contributed by atoms with Gasteiger partial charge >= 0.3 is 0 Å². The molecule has 0 aliphatic carbocycles. The largest absolute Gasteiger partial charge is 0.396 e. The van der Waals surface area contributed by atoms with Gasteiger partial charge in [-0.05, 0) is 49.9 Å². The molecule has 154 valence electrons. The summed E-state index contributed by atoms with van der Waals surface area (Å²) < 4.78 is 0. The highest BCUT2D eigenvalue weighted by atomic mass is 35.5. The monoisotopic (exact) mass is 414 g/mol. The van der Waals surface area contributed by atoms with E-state index in [1.807, 2.05) is 66.4 Å². The van der Waals surface area contributed by atoms with Gasteiger partial charge in [-0.1, -0.05) is 41.9 Å². The van der Waals surface area contributed by atoms with Crippen LogP contribution in [0.1, 0.15) is 18.9 Å². The Balaban J connectivity index is 2.53. The molecule has 1 amide bonds. The maximum atomic E-state index is 13.0. The first-order valence-electron chi connectivity index (χ1n) is 9.51. The fourth-order valence-corrected chi connectivity index (χ4v) is 2.91. The zero-order valence-electron chi connectivity index (χ0n) is 16.6. The molecule has 0 heterocycles. The number of nitrogens with one attached hydrogen (secondary N) is 2. The Kier molecular flexibility index (Phi) is 9.21. The highest BCUT2D eigenvalue weighted by Crippen LogP contribution is 2.25. The third kappa shape index (κ3) is 6.62. The van der Waals surface area contributed by atoms with Gasteiger partial charge in [-0.15, -0.1) is 0 Å². The van der Waals surface area contributed by atoms with Gasteiger partial charge in [0.1, 0.15) is 0 Å². The van der Waals surface area contributed by atoms with E-state index in [0.29, 0.717) is 42.6 Å². The second kappa shape index (κ2) is 11.9. The van der Waals surface area contributed by atoms with E-state index in [-0.39, 0.29) is 12.5 Å². The molecule has 29 heavy (non-hydrogen) atoms. The van der Waals surface area contributed by atoms with E-state index >= 15 is 0 Å². The number of anilines is 1. The number of carbonyl (C=O) groups is 1. The Bertz CT molecular complexity index is 822. The Labute approximate surface area is 176 Å². The second-order valence-corrected chi connectivity index (χ2v) is 6.70. The average Bonchev–Trinajstić information content (AvgIpc) is 2.74. The van der Waals surface area contributed by atoms with Crippen molar-refractivity contribution in [2.24, 2.45) is 4.99 Å². The number of aliphatic imine (C=N–C) groups is 1. The fourth-order valence-electron chi connectivity index (χ4n) is 2.78. The summed E-state index contributed by atoms with van der Waals surface area (Å²) in [5, 5.41) is 15.7. The molecule has 0 bridgehead atoms. The number of benzene rings is 2. The zero-order chi connectivity index (χ0) is 21.1. The lowest BCUT2D eigenvalue weighted by Crippen LogP contribution is -2.38. The van der Waals surface area contributed by atoms with E-state index in [1.54, 1.807) is 0 Å². The first kappa shape index (κ1) is 22.5. The Morgan fingerprint density at radius 1 is 1.14 bits per heavy atom. The summed E-state index contributed by atoms with van der Waals surface area (Å²) in [5.74, 6) is 0.103. The summed E-state index contributed by atoms with van der Waals surface area (Å²) in [6.07, 6.45) is 0.532. The van der Waals surface area contributed by atoms with Crippen molar-refractivity contribution in [2.45, 2.75) is 19.9 Å². The fraction of sp³-hybridized carbons (Fsp3) is 0.273. The van der Waals surface area contributed by atoms with Crippen LogP contribution < -0.4 is 15.5 Å². The average molecular weight is 415 g/mol. The van der Waals surface area contributed by atoms with Crippen LogP contribution in [0.15, 0.2) is 71.1 Å². The van der Waals surface area contributed by atoms with E-state index in [2.05, 4.69) is 22.3 Å². The Hall–Kier alpha value is -2.83. The number of halogens is 1. The van der Waals surface area contributed by atoms with Gasteiger partial charge in [-0.3, -0.25) is 4.79 Å².